The number of aromatic nitrogens is 3. The van der Waals surface area contributed by atoms with Gasteiger partial charge in [-0.3, -0.25) is 4.98 Å². The van der Waals surface area contributed by atoms with Gasteiger partial charge in [-0.2, -0.15) is 0 Å². The fraction of sp³-hybridized carbons (Fsp3) is 0.267. The molecule has 1 N–H and O–H groups in total. The zero-order valence-corrected chi connectivity index (χ0v) is 11.3. The van der Waals surface area contributed by atoms with Crippen LogP contribution in [0.4, 0.5) is 0 Å². The first-order valence-electron chi connectivity index (χ1n) is 6.42. The van der Waals surface area contributed by atoms with Crippen molar-refractivity contribution in [1.82, 2.24) is 20.3 Å². The molecule has 4 heteroatoms. The summed E-state index contributed by atoms with van der Waals surface area (Å²) < 4.78 is 0. The van der Waals surface area contributed by atoms with Crippen molar-refractivity contribution in [2.24, 2.45) is 0 Å². The van der Waals surface area contributed by atoms with Crippen molar-refractivity contribution in [3.63, 3.8) is 0 Å². The van der Waals surface area contributed by atoms with Crippen LogP contribution in [0, 0.1) is 0 Å². The SMILES string of the molecule is CC/C(=C\CNC)c1ccc(-c2ncccn2)cn1. The molecule has 0 fully saturated rings. The Bertz CT molecular complexity index is 532. The van der Waals surface area contributed by atoms with Crippen molar-refractivity contribution < 1.29 is 0 Å². The maximum atomic E-state index is 4.50. The highest BCUT2D eigenvalue weighted by Gasteiger charge is 2.03. The van der Waals surface area contributed by atoms with E-state index in [9.17, 15) is 0 Å². The predicted molar refractivity (Wildman–Crippen MR) is 77.5 cm³/mol. The number of nitrogens with zero attached hydrogens (tertiary/aromatic N) is 3. The average molecular weight is 254 g/mol. The number of hydrogen-bond acceptors (Lipinski definition) is 4. The van der Waals surface area contributed by atoms with Gasteiger partial charge < -0.3 is 5.32 Å². The van der Waals surface area contributed by atoms with E-state index in [-0.39, 0.29) is 0 Å². The summed E-state index contributed by atoms with van der Waals surface area (Å²) in [6, 6.07) is 5.85. The molecule has 0 saturated carbocycles. The third kappa shape index (κ3) is 3.45. The average Bonchev–Trinajstić information content (AvgIpc) is 2.49. The minimum Gasteiger partial charge on any atom is -0.316 e. The second kappa shape index (κ2) is 6.75. The minimum atomic E-state index is 0.707. The van der Waals surface area contributed by atoms with Crippen molar-refractivity contribution in [3.8, 4) is 11.4 Å². The molecule has 2 rings (SSSR count). The molecule has 4 nitrogen and oxygen atoms in total. The van der Waals surface area contributed by atoms with Crippen LogP contribution in [-0.4, -0.2) is 28.5 Å². The summed E-state index contributed by atoms with van der Waals surface area (Å²) in [4.78, 5) is 12.9. The van der Waals surface area contributed by atoms with Crippen molar-refractivity contribution in [2.45, 2.75) is 13.3 Å². The van der Waals surface area contributed by atoms with Crippen LogP contribution in [0.25, 0.3) is 17.0 Å². The van der Waals surface area contributed by atoms with E-state index < -0.39 is 0 Å². The van der Waals surface area contributed by atoms with Crippen molar-refractivity contribution >= 4 is 5.57 Å². The Kier molecular flexibility index (Phi) is 4.75. The van der Waals surface area contributed by atoms with Crippen LogP contribution in [0.5, 0.6) is 0 Å². The van der Waals surface area contributed by atoms with Gasteiger partial charge in [0.05, 0.1) is 5.69 Å². The molecule has 0 spiro atoms. The largest absolute Gasteiger partial charge is 0.316 e. The molecule has 2 heterocycles. The van der Waals surface area contributed by atoms with E-state index in [1.165, 1.54) is 5.57 Å². The first kappa shape index (κ1) is 13.4. The van der Waals surface area contributed by atoms with Crippen LogP contribution in [-0.2, 0) is 0 Å². The lowest BCUT2D eigenvalue weighted by Crippen LogP contribution is -2.05. The summed E-state index contributed by atoms with van der Waals surface area (Å²) >= 11 is 0. The molecule has 0 aromatic carbocycles. The summed E-state index contributed by atoms with van der Waals surface area (Å²) in [5.41, 5.74) is 3.20. The minimum absolute atomic E-state index is 0.707. The van der Waals surface area contributed by atoms with Gasteiger partial charge in [0.1, 0.15) is 0 Å². The highest BCUT2D eigenvalue weighted by molar-refractivity contribution is 5.64. The summed E-state index contributed by atoms with van der Waals surface area (Å²) in [6.45, 7) is 2.99. The van der Waals surface area contributed by atoms with Gasteiger partial charge in [-0.15, -0.1) is 0 Å². The number of pyridine rings is 1. The van der Waals surface area contributed by atoms with Crippen LogP contribution in [0.2, 0.25) is 0 Å². The van der Waals surface area contributed by atoms with Gasteiger partial charge in [0.25, 0.3) is 0 Å². The van der Waals surface area contributed by atoms with E-state index in [2.05, 4.69) is 33.3 Å². The molecule has 0 aliphatic heterocycles. The van der Waals surface area contributed by atoms with Crippen molar-refractivity contribution in [2.75, 3.05) is 13.6 Å². The zero-order valence-electron chi connectivity index (χ0n) is 11.3. The third-order valence-corrected chi connectivity index (χ3v) is 2.85. The second-order valence-corrected chi connectivity index (χ2v) is 4.15. The van der Waals surface area contributed by atoms with Crippen molar-refractivity contribution in [1.29, 1.82) is 0 Å². The molecule has 0 saturated heterocycles. The molecule has 0 aliphatic carbocycles. The van der Waals surface area contributed by atoms with Gasteiger partial charge in [-0.05, 0) is 37.2 Å². The van der Waals surface area contributed by atoms with E-state index in [1.54, 1.807) is 18.5 Å². The maximum Gasteiger partial charge on any atom is 0.160 e. The summed E-state index contributed by atoms with van der Waals surface area (Å²) in [7, 11) is 1.94. The van der Waals surface area contributed by atoms with Crippen LogP contribution in [0.3, 0.4) is 0 Å². The first-order chi connectivity index (χ1) is 9.35. The molecule has 2 aromatic rings. The molecule has 0 atom stereocenters. The lowest BCUT2D eigenvalue weighted by atomic mass is 10.1. The third-order valence-electron chi connectivity index (χ3n) is 2.85. The number of likely N-dealkylation sites (N-methyl/N-ethyl adjacent to an activating group) is 1. The first-order valence-corrected chi connectivity index (χ1v) is 6.42. The van der Waals surface area contributed by atoms with Gasteiger partial charge in [-0.25, -0.2) is 9.97 Å². The molecular weight excluding hydrogens is 236 g/mol. The molecular formula is C15H18N4. The van der Waals surface area contributed by atoms with Gasteiger partial charge >= 0.3 is 0 Å². The monoisotopic (exact) mass is 254 g/mol. The van der Waals surface area contributed by atoms with E-state index in [1.807, 2.05) is 25.4 Å². The standard InChI is InChI=1S/C15H18N4/c1-3-12(7-10-16-2)14-6-5-13(11-19-14)15-17-8-4-9-18-15/h4-9,11,16H,3,10H2,1-2H3/b12-7+. The Balaban J connectivity index is 2.23. The fourth-order valence-corrected chi connectivity index (χ4v) is 1.82. The van der Waals surface area contributed by atoms with Crippen LogP contribution in [0.1, 0.15) is 19.0 Å². The van der Waals surface area contributed by atoms with Crippen LogP contribution < -0.4 is 5.32 Å². The number of nitrogens with one attached hydrogen (secondary N) is 1. The highest BCUT2D eigenvalue weighted by atomic mass is 14.9. The van der Waals surface area contributed by atoms with E-state index in [0.717, 1.165) is 24.2 Å². The fourth-order valence-electron chi connectivity index (χ4n) is 1.82. The molecule has 0 amide bonds. The molecule has 98 valence electrons. The Morgan fingerprint density at radius 1 is 1.21 bits per heavy atom. The van der Waals surface area contributed by atoms with Gasteiger partial charge in [0.15, 0.2) is 5.82 Å². The molecule has 0 unspecified atom stereocenters. The van der Waals surface area contributed by atoms with Crippen LogP contribution >= 0.6 is 0 Å². The Morgan fingerprint density at radius 3 is 2.58 bits per heavy atom. The smallest absolute Gasteiger partial charge is 0.160 e. The lowest BCUT2D eigenvalue weighted by Gasteiger charge is -2.05. The van der Waals surface area contributed by atoms with Gasteiger partial charge in [-0.1, -0.05) is 13.0 Å². The molecule has 0 bridgehead atoms. The Labute approximate surface area is 113 Å². The summed E-state index contributed by atoms with van der Waals surface area (Å²) in [5.74, 6) is 0.707. The Morgan fingerprint density at radius 2 is 2.00 bits per heavy atom. The van der Waals surface area contributed by atoms with Crippen LogP contribution in [0.15, 0.2) is 42.9 Å². The van der Waals surface area contributed by atoms with Crippen molar-refractivity contribution in [3.05, 3.63) is 48.6 Å². The number of rotatable bonds is 5. The van der Waals surface area contributed by atoms with E-state index in [0.29, 0.717) is 5.82 Å². The van der Waals surface area contributed by atoms with E-state index >= 15 is 0 Å². The molecule has 2 aromatic heterocycles. The molecule has 0 aliphatic rings. The molecule has 19 heavy (non-hydrogen) atoms. The number of allylic oxidation sites excluding steroid dienone is 1. The normalized spacial score (nSPS) is 11.6. The van der Waals surface area contributed by atoms with Gasteiger partial charge in [0.2, 0.25) is 0 Å². The summed E-state index contributed by atoms with van der Waals surface area (Å²) in [5, 5.41) is 3.12. The summed E-state index contributed by atoms with van der Waals surface area (Å²) in [6.07, 6.45) is 8.44. The molecule has 0 radical (unpaired) electrons. The van der Waals surface area contributed by atoms with Gasteiger partial charge in [0, 0.05) is 30.7 Å². The number of hydrogen-bond donors (Lipinski definition) is 1. The lowest BCUT2D eigenvalue weighted by molar-refractivity contribution is 0.917. The predicted octanol–water partition coefficient (Wildman–Crippen LogP) is 2.55. The second-order valence-electron chi connectivity index (χ2n) is 4.15. The maximum absolute atomic E-state index is 4.50. The van der Waals surface area contributed by atoms with E-state index in [4.69, 9.17) is 0 Å². The quantitative estimate of drug-likeness (QED) is 0.891. The topological polar surface area (TPSA) is 50.7 Å². The zero-order chi connectivity index (χ0) is 13.5. The highest BCUT2D eigenvalue weighted by Crippen LogP contribution is 2.18. The Hall–Kier alpha value is -2.07.